The fourth-order valence-corrected chi connectivity index (χ4v) is 3.06. The first-order valence-corrected chi connectivity index (χ1v) is 9.14. The highest BCUT2D eigenvalue weighted by Gasteiger charge is 2.37. The van der Waals surface area contributed by atoms with Crippen LogP contribution in [-0.4, -0.2) is 70.2 Å². The van der Waals surface area contributed by atoms with Crippen molar-refractivity contribution in [1.82, 2.24) is 10.2 Å². The van der Waals surface area contributed by atoms with Gasteiger partial charge in [-0.15, -0.1) is 0 Å². The molecule has 1 aliphatic rings. The monoisotopic (exact) mass is 349 g/mol. The van der Waals surface area contributed by atoms with E-state index in [9.17, 15) is 14.4 Å². The molecule has 1 aliphatic heterocycles. The lowest BCUT2D eigenvalue weighted by molar-refractivity contribution is -0.149. The fraction of sp³-hybridized carbons (Fsp3) is 0.769. The zero-order valence-electron chi connectivity index (χ0n) is 12.5. The highest BCUT2D eigenvalue weighted by molar-refractivity contribution is 7.98. The van der Waals surface area contributed by atoms with Crippen molar-refractivity contribution < 1.29 is 19.5 Å². The summed E-state index contributed by atoms with van der Waals surface area (Å²) in [6, 6.07) is -2.36. The van der Waals surface area contributed by atoms with E-state index in [0.717, 1.165) is 5.75 Å². The normalized spacial score (nSPS) is 20.5. The molecule has 3 atom stereocenters. The van der Waals surface area contributed by atoms with Crippen LogP contribution in [0.1, 0.15) is 19.3 Å². The van der Waals surface area contributed by atoms with Crippen molar-refractivity contribution >= 4 is 42.2 Å². The number of hydrogen-bond donors (Lipinski definition) is 4. The van der Waals surface area contributed by atoms with E-state index < -0.39 is 35.9 Å². The molecule has 1 fully saturated rings. The molecule has 0 saturated carbocycles. The number of aliphatic carboxylic acids is 1. The fourth-order valence-electron chi connectivity index (χ4n) is 2.33. The zero-order valence-corrected chi connectivity index (χ0v) is 14.2. The maximum atomic E-state index is 12.4. The van der Waals surface area contributed by atoms with E-state index in [4.69, 9.17) is 10.8 Å². The number of carboxylic acids is 1. The van der Waals surface area contributed by atoms with Crippen LogP contribution in [0.2, 0.25) is 0 Å². The van der Waals surface area contributed by atoms with Crippen molar-refractivity contribution in [2.24, 2.45) is 5.73 Å². The SMILES string of the molecule is CSCC[C@H](N)C(=O)N[C@@H](CS)C(=O)N1CCC[C@@H]1C(=O)O. The second kappa shape index (κ2) is 9.26. The quantitative estimate of drug-likeness (QED) is 0.442. The van der Waals surface area contributed by atoms with Crippen molar-refractivity contribution in [3.63, 3.8) is 0 Å². The van der Waals surface area contributed by atoms with Gasteiger partial charge in [-0.3, -0.25) is 9.59 Å². The average Bonchev–Trinajstić information content (AvgIpc) is 2.98. The van der Waals surface area contributed by atoms with E-state index in [-0.39, 0.29) is 5.75 Å². The lowest BCUT2D eigenvalue weighted by Crippen LogP contribution is -2.55. The van der Waals surface area contributed by atoms with Crippen LogP contribution >= 0.6 is 24.4 Å². The Balaban J connectivity index is 2.64. The lowest BCUT2D eigenvalue weighted by Gasteiger charge is -2.27. The van der Waals surface area contributed by atoms with Gasteiger partial charge in [0.15, 0.2) is 0 Å². The van der Waals surface area contributed by atoms with E-state index in [1.807, 2.05) is 6.26 Å². The van der Waals surface area contributed by atoms with Gasteiger partial charge >= 0.3 is 5.97 Å². The Morgan fingerprint density at radius 3 is 2.73 bits per heavy atom. The van der Waals surface area contributed by atoms with Gasteiger partial charge in [-0.1, -0.05) is 0 Å². The maximum Gasteiger partial charge on any atom is 0.326 e. The van der Waals surface area contributed by atoms with Gasteiger partial charge in [0.1, 0.15) is 12.1 Å². The first-order chi connectivity index (χ1) is 10.4. The smallest absolute Gasteiger partial charge is 0.326 e. The van der Waals surface area contributed by atoms with Crippen molar-refractivity contribution in [2.75, 3.05) is 24.3 Å². The first kappa shape index (κ1) is 19.1. The summed E-state index contributed by atoms with van der Waals surface area (Å²) in [5, 5.41) is 11.7. The van der Waals surface area contributed by atoms with Crippen LogP contribution < -0.4 is 11.1 Å². The van der Waals surface area contributed by atoms with Crippen molar-refractivity contribution in [3.05, 3.63) is 0 Å². The number of likely N-dealkylation sites (tertiary alicyclic amines) is 1. The van der Waals surface area contributed by atoms with Crippen LogP contribution in [0.3, 0.4) is 0 Å². The average molecular weight is 349 g/mol. The van der Waals surface area contributed by atoms with Gasteiger partial charge in [0, 0.05) is 12.3 Å². The van der Waals surface area contributed by atoms with Crippen LogP contribution in [0.15, 0.2) is 0 Å². The summed E-state index contributed by atoms with van der Waals surface area (Å²) in [6.45, 7) is 0.383. The van der Waals surface area contributed by atoms with Crippen molar-refractivity contribution in [1.29, 1.82) is 0 Å². The first-order valence-electron chi connectivity index (χ1n) is 7.11. The molecule has 126 valence electrons. The molecule has 0 aromatic carbocycles. The van der Waals surface area contributed by atoms with Crippen LogP contribution in [-0.2, 0) is 14.4 Å². The lowest BCUT2D eigenvalue weighted by atomic mass is 10.2. The largest absolute Gasteiger partial charge is 0.480 e. The Bertz CT molecular complexity index is 422. The molecule has 22 heavy (non-hydrogen) atoms. The Kier molecular flexibility index (Phi) is 8.05. The second-order valence-electron chi connectivity index (χ2n) is 5.16. The summed E-state index contributed by atoms with van der Waals surface area (Å²) in [5.74, 6) is -0.992. The minimum absolute atomic E-state index is 0.0999. The minimum Gasteiger partial charge on any atom is -0.480 e. The third-order valence-corrected chi connectivity index (χ3v) is 4.60. The molecular formula is C13H23N3O4S2. The summed E-state index contributed by atoms with van der Waals surface area (Å²) in [4.78, 5) is 36.9. The molecule has 0 aliphatic carbocycles. The summed E-state index contributed by atoms with van der Waals surface area (Å²) >= 11 is 5.67. The van der Waals surface area contributed by atoms with E-state index in [1.54, 1.807) is 11.8 Å². The van der Waals surface area contributed by atoms with Gasteiger partial charge in [0.2, 0.25) is 11.8 Å². The molecule has 0 aromatic heterocycles. The maximum absolute atomic E-state index is 12.4. The van der Waals surface area contributed by atoms with Crippen LogP contribution in [0.5, 0.6) is 0 Å². The molecule has 0 aromatic rings. The van der Waals surface area contributed by atoms with Crippen LogP contribution in [0.4, 0.5) is 0 Å². The number of rotatable bonds is 8. The number of hydrogen-bond acceptors (Lipinski definition) is 6. The minimum atomic E-state index is -1.02. The standard InChI is InChI=1S/C13H23N3O4S2/c1-22-6-4-8(14)11(17)15-9(7-21)12(18)16-5-2-3-10(16)13(19)20/h8-10,21H,2-7,14H2,1H3,(H,15,17)(H,19,20)/t8-,9-,10+/m0/s1. The molecule has 1 saturated heterocycles. The Morgan fingerprint density at radius 2 is 2.18 bits per heavy atom. The molecule has 0 spiro atoms. The Morgan fingerprint density at radius 1 is 1.50 bits per heavy atom. The number of carboxylic acid groups (broad SMARTS) is 1. The highest BCUT2D eigenvalue weighted by atomic mass is 32.2. The van der Waals surface area contributed by atoms with Crippen LogP contribution in [0.25, 0.3) is 0 Å². The Hall–Kier alpha value is -0.930. The van der Waals surface area contributed by atoms with Crippen molar-refractivity contribution in [3.8, 4) is 0 Å². The molecule has 0 unspecified atom stereocenters. The number of carbonyl (C=O) groups excluding carboxylic acids is 2. The predicted molar refractivity (Wildman–Crippen MR) is 89.1 cm³/mol. The van der Waals surface area contributed by atoms with Crippen LogP contribution in [0, 0.1) is 0 Å². The van der Waals surface area contributed by atoms with Gasteiger partial charge in [-0.25, -0.2) is 4.79 Å². The summed E-state index contributed by atoms with van der Waals surface area (Å²) in [5.41, 5.74) is 5.77. The number of thioether (sulfide) groups is 1. The molecule has 4 N–H and O–H groups in total. The van der Waals surface area contributed by atoms with Gasteiger partial charge < -0.3 is 21.1 Å². The molecule has 9 heteroatoms. The third kappa shape index (κ3) is 5.06. The molecule has 2 amide bonds. The summed E-state index contributed by atoms with van der Waals surface area (Å²) in [6.07, 6.45) is 3.51. The highest BCUT2D eigenvalue weighted by Crippen LogP contribution is 2.18. The number of nitrogens with one attached hydrogen (secondary N) is 1. The second-order valence-corrected chi connectivity index (χ2v) is 6.51. The zero-order chi connectivity index (χ0) is 16.7. The van der Waals surface area contributed by atoms with E-state index in [2.05, 4.69) is 17.9 Å². The number of nitrogens with two attached hydrogens (primary N) is 1. The topological polar surface area (TPSA) is 113 Å². The number of amides is 2. The van der Waals surface area contributed by atoms with Gasteiger partial charge in [0.25, 0.3) is 0 Å². The van der Waals surface area contributed by atoms with Gasteiger partial charge in [-0.2, -0.15) is 24.4 Å². The Labute approximate surface area is 139 Å². The summed E-state index contributed by atoms with van der Waals surface area (Å²) < 4.78 is 0. The van der Waals surface area contributed by atoms with Gasteiger partial charge in [0.05, 0.1) is 6.04 Å². The molecule has 7 nitrogen and oxygen atoms in total. The van der Waals surface area contributed by atoms with E-state index >= 15 is 0 Å². The number of thiol groups is 1. The predicted octanol–water partition coefficient (Wildman–Crippen LogP) is -0.443. The van der Waals surface area contributed by atoms with E-state index in [0.29, 0.717) is 25.8 Å². The number of nitrogens with zero attached hydrogens (tertiary/aromatic N) is 1. The molecule has 1 heterocycles. The molecule has 0 bridgehead atoms. The summed E-state index contributed by atoms with van der Waals surface area (Å²) in [7, 11) is 0. The van der Waals surface area contributed by atoms with E-state index in [1.165, 1.54) is 4.90 Å². The van der Waals surface area contributed by atoms with Crippen molar-refractivity contribution in [2.45, 2.75) is 37.4 Å². The molecular weight excluding hydrogens is 326 g/mol. The number of carbonyl (C=O) groups is 3. The molecule has 0 radical (unpaired) electrons. The molecule has 1 rings (SSSR count). The van der Waals surface area contributed by atoms with Gasteiger partial charge in [-0.05, 0) is 31.3 Å². The third-order valence-electron chi connectivity index (χ3n) is 3.59.